The molecule has 0 aliphatic heterocycles. The van der Waals surface area contributed by atoms with Crippen LogP contribution in [-0.4, -0.2) is 14.0 Å². The first kappa shape index (κ1) is 24.6. The minimum Gasteiger partial charge on any atom is -0.260 e. The average Bonchev–Trinajstić information content (AvgIpc) is 2.35. The Kier molecular flexibility index (Phi) is 9.86. The Morgan fingerprint density at radius 1 is 0.840 bits per heavy atom. The van der Waals surface area contributed by atoms with E-state index in [0.29, 0.717) is 17.8 Å². The van der Waals surface area contributed by atoms with Gasteiger partial charge in [-0.2, -0.15) is 18.3 Å². The summed E-state index contributed by atoms with van der Waals surface area (Å²) in [5, 5.41) is 0. The van der Waals surface area contributed by atoms with Crippen LogP contribution in [0.2, 0.25) is 0 Å². The van der Waals surface area contributed by atoms with E-state index in [4.69, 9.17) is 4.18 Å². The Balaban J connectivity index is 0.00000576. The Morgan fingerprint density at radius 2 is 1.20 bits per heavy atom. The maximum absolute atomic E-state index is 12.9. The van der Waals surface area contributed by atoms with Crippen molar-refractivity contribution in [2.75, 3.05) is 0 Å². The molecule has 0 fully saturated rings. The van der Waals surface area contributed by atoms with Gasteiger partial charge in [0, 0.05) is 0 Å². The van der Waals surface area contributed by atoms with E-state index in [0.717, 1.165) is 24.8 Å². The summed E-state index contributed by atoms with van der Waals surface area (Å²) in [6.07, 6.45) is 2.23. The standard InChI is InChI=1S/C20H34O3S.H3P/c1-15(2)12-20(13-16(3)4,14-17(5)6)23-24(21,22)19-10-8-18(7)9-11-19;/h8-11,15-17H,12-14H2,1-7H3;1H3. The molecule has 0 radical (unpaired) electrons. The number of aryl methyl sites for hydroxylation is 1. The van der Waals surface area contributed by atoms with Crippen molar-refractivity contribution in [1.29, 1.82) is 0 Å². The summed E-state index contributed by atoms with van der Waals surface area (Å²) in [4.78, 5) is 0.244. The van der Waals surface area contributed by atoms with Gasteiger partial charge in [0.15, 0.2) is 0 Å². The fourth-order valence-electron chi connectivity index (χ4n) is 3.57. The Morgan fingerprint density at radius 3 is 1.52 bits per heavy atom. The number of rotatable bonds is 9. The third-order valence-electron chi connectivity index (χ3n) is 3.94. The summed E-state index contributed by atoms with van der Waals surface area (Å²) in [5.41, 5.74) is 0.395. The van der Waals surface area contributed by atoms with Gasteiger partial charge in [-0.3, -0.25) is 4.18 Å². The van der Waals surface area contributed by atoms with Gasteiger partial charge in [0.05, 0.1) is 10.5 Å². The zero-order valence-corrected chi connectivity index (χ0v) is 19.2. The normalized spacial score (nSPS) is 12.7. The quantitative estimate of drug-likeness (QED) is 0.406. The summed E-state index contributed by atoms with van der Waals surface area (Å²) in [6, 6.07) is 6.89. The second-order valence-electron chi connectivity index (χ2n) is 8.33. The number of benzene rings is 1. The monoisotopic (exact) mass is 388 g/mol. The lowest BCUT2D eigenvalue weighted by Crippen LogP contribution is -2.39. The van der Waals surface area contributed by atoms with Crippen LogP contribution >= 0.6 is 9.90 Å². The molecule has 25 heavy (non-hydrogen) atoms. The molecule has 0 saturated heterocycles. The van der Waals surface area contributed by atoms with E-state index in [-0.39, 0.29) is 14.8 Å². The van der Waals surface area contributed by atoms with Crippen molar-refractivity contribution in [2.45, 2.75) is 78.2 Å². The van der Waals surface area contributed by atoms with E-state index in [1.165, 1.54) is 0 Å². The van der Waals surface area contributed by atoms with Gasteiger partial charge in [0.2, 0.25) is 0 Å². The van der Waals surface area contributed by atoms with Crippen molar-refractivity contribution < 1.29 is 12.6 Å². The van der Waals surface area contributed by atoms with Gasteiger partial charge in [-0.25, -0.2) is 0 Å². The van der Waals surface area contributed by atoms with Crippen molar-refractivity contribution in [2.24, 2.45) is 17.8 Å². The maximum Gasteiger partial charge on any atom is 0.297 e. The van der Waals surface area contributed by atoms with Crippen molar-refractivity contribution >= 4 is 20.0 Å². The van der Waals surface area contributed by atoms with Gasteiger partial charge in [-0.1, -0.05) is 59.2 Å². The van der Waals surface area contributed by atoms with E-state index in [2.05, 4.69) is 41.5 Å². The summed E-state index contributed by atoms with van der Waals surface area (Å²) < 4.78 is 31.7. The summed E-state index contributed by atoms with van der Waals surface area (Å²) in [7, 11) is -3.77. The highest BCUT2D eigenvalue weighted by Crippen LogP contribution is 2.37. The first-order chi connectivity index (χ1) is 11.0. The third kappa shape index (κ3) is 8.19. The van der Waals surface area contributed by atoms with Gasteiger partial charge in [-0.05, 0) is 56.1 Å². The molecule has 0 aliphatic rings. The highest BCUT2D eigenvalue weighted by Gasteiger charge is 2.38. The topological polar surface area (TPSA) is 43.4 Å². The number of hydrogen-bond donors (Lipinski definition) is 0. The fraction of sp³-hybridized carbons (Fsp3) is 0.700. The molecule has 0 aliphatic carbocycles. The van der Waals surface area contributed by atoms with Crippen LogP contribution in [0.15, 0.2) is 29.2 Å². The molecule has 3 nitrogen and oxygen atoms in total. The molecule has 146 valence electrons. The van der Waals surface area contributed by atoms with Crippen LogP contribution in [-0.2, 0) is 14.3 Å². The smallest absolute Gasteiger partial charge is 0.260 e. The maximum atomic E-state index is 12.9. The van der Waals surface area contributed by atoms with Crippen LogP contribution in [0.1, 0.15) is 66.4 Å². The first-order valence-corrected chi connectivity index (χ1v) is 10.4. The molecular weight excluding hydrogens is 351 g/mol. The van der Waals surface area contributed by atoms with Crippen molar-refractivity contribution in [1.82, 2.24) is 0 Å². The molecule has 0 amide bonds. The largest absolute Gasteiger partial charge is 0.297 e. The zero-order valence-electron chi connectivity index (χ0n) is 17.0. The third-order valence-corrected chi connectivity index (χ3v) is 5.36. The second-order valence-corrected chi connectivity index (χ2v) is 9.87. The SMILES string of the molecule is Cc1ccc(S(=O)(=O)OC(CC(C)C)(CC(C)C)CC(C)C)cc1.P. The van der Waals surface area contributed by atoms with E-state index >= 15 is 0 Å². The minimum atomic E-state index is -3.77. The lowest BCUT2D eigenvalue weighted by Gasteiger charge is -2.37. The van der Waals surface area contributed by atoms with Crippen LogP contribution in [0.25, 0.3) is 0 Å². The molecule has 0 bridgehead atoms. The molecule has 0 heterocycles. The van der Waals surface area contributed by atoms with Crippen molar-refractivity contribution in [3.63, 3.8) is 0 Å². The van der Waals surface area contributed by atoms with E-state index in [1.807, 2.05) is 19.1 Å². The Bertz CT molecular complexity index is 578. The molecule has 1 aromatic rings. The lowest BCUT2D eigenvalue weighted by molar-refractivity contribution is 0.0137. The summed E-state index contributed by atoms with van der Waals surface area (Å²) in [5.74, 6) is 1.11. The molecule has 0 spiro atoms. The fourth-order valence-corrected chi connectivity index (χ4v) is 4.81. The highest BCUT2D eigenvalue weighted by molar-refractivity contribution is 7.86. The van der Waals surface area contributed by atoms with Crippen LogP contribution in [0, 0.1) is 24.7 Å². The molecule has 5 heteroatoms. The molecule has 1 aromatic carbocycles. The predicted octanol–water partition coefficient (Wildman–Crippen LogP) is 5.64. The van der Waals surface area contributed by atoms with Crippen LogP contribution in [0.3, 0.4) is 0 Å². The van der Waals surface area contributed by atoms with E-state index in [1.54, 1.807) is 12.1 Å². The molecule has 1 unspecified atom stereocenters. The van der Waals surface area contributed by atoms with Gasteiger partial charge < -0.3 is 0 Å². The van der Waals surface area contributed by atoms with Gasteiger partial charge in [-0.15, -0.1) is 0 Å². The zero-order chi connectivity index (χ0) is 18.5. The second kappa shape index (κ2) is 10.0. The Labute approximate surface area is 158 Å². The first-order valence-electron chi connectivity index (χ1n) is 8.98. The number of hydrogen-bond acceptors (Lipinski definition) is 3. The van der Waals surface area contributed by atoms with Gasteiger partial charge in [0.1, 0.15) is 0 Å². The highest BCUT2D eigenvalue weighted by atomic mass is 32.2. The molecule has 0 N–H and O–H groups in total. The predicted molar refractivity (Wildman–Crippen MR) is 112 cm³/mol. The average molecular weight is 389 g/mol. The van der Waals surface area contributed by atoms with Crippen molar-refractivity contribution in [3.8, 4) is 0 Å². The summed E-state index contributed by atoms with van der Waals surface area (Å²) >= 11 is 0. The molecule has 1 rings (SSSR count). The van der Waals surface area contributed by atoms with Crippen LogP contribution < -0.4 is 0 Å². The Hall–Kier alpha value is -0.440. The molecule has 0 aromatic heterocycles. The van der Waals surface area contributed by atoms with E-state index in [9.17, 15) is 8.42 Å². The summed E-state index contributed by atoms with van der Waals surface area (Å²) in [6.45, 7) is 14.7. The molecule has 1 atom stereocenters. The van der Waals surface area contributed by atoms with Crippen LogP contribution in [0.5, 0.6) is 0 Å². The molecule has 0 saturated carbocycles. The minimum absolute atomic E-state index is 0. The van der Waals surface area contributed by atoms with Crippen LogP contribution in [0.4, 0.5) is 0 Å². The van der Waals surface area contributed by atoms with E-state index < -0.39 is 15.7 Å². The van der Waals surface area contributed by atoms with Gasteiger partial charge in [0.25, 0.3) is 10.1 Å². The van der Waals surface area contributed by atoms with Gasteiger partial charge >= 0.3 is 0 Å². The molecular formula is C20H37O3PS. The lowest BCUT2D eigenvalue weighted by atomic mass is 9.79. The van der Waals surface area contributed by atoms with Crippen molar-refractivity contribution in [3.05, 3.63) is 29.8 Å².